The molecule has 1 aromatic heterocycles. The van der Waals surface area contributed by atoms with Gasteiger partial charge >= 0.3 is 5.97 Å². The predicted octanol–water partition coefficient (Wildman–Crippen LogP) is 2.61. The maximum absolute atomic E-state index is 10.9. The zero-order valence-corrected chi connectivity index (χ0v) is 12.0. The van der Waals surface area contributed by atoms with E-state index < -0.39 is 5.97 Å². The van der Waals surface area contributed by atoms with Crippen LogP contribution >= 0.6 is 0 Å². The second-order valence-corrected chi connectivity index (χ2v) is 6.30. The molecule has 3 heterocycles. The summed E-state index contributed by atoms with van der Waals surface area (Å²) in [4.78, 5) is 17.8. The average molecular weight is 274 g/mol. The molecule has 0 spiro atoms. The Bertz CT molecular complexity index is 472. The highest BCUT2D eigenvalue weighted by Crippen LogP contribution is 2.40. The first-order valence-corrected chi connectivity index (χ1v) is 7.51. The van der Waals surface area contributed by atoms with Gasteiger partial charge in [0.1, 0.15) is 0 Å². The molecular formula is C16H22N2O2. The van der Waals surface area contributed by atoms with Gasteiger partial charge in [0, 0.05) is 36.9 Å². The monoisotopic (exact) mass is 274 g/mol. The third-order valence-corrected chi connectivity index (χ3v) is 4.78. The number of hydrogen-bond acceptors (Lipinski definition) is 3. The van der Waals surface area contributed by atoms with E-state index in [1.54, 1.807) is 0 Å². The predicted molar refractivity (Wildman–Crippen MR) is 76.3 cm³/mol. The number of carboxylic acids is 1. The van der Waals surface area contributed by atoms with Crippen LogP contribution in [-0.4, -0.2) is 33.0 Å². The van der Waals surface area contributed by atoms with E-state index in [0.29, 0.717) is 24.4 Å². The highest BCUT2D eigenvalue weighted by molar-refractivity contribution is 5.67. The first kappa shape index (κ1) is 13.6. The van der Waals surface area contributed by atoms with Gasteiger partial charge in [-0.15, -0.1) is 0 Å². The van der Waals surface area contributed by atoms with E-state index in [0.717, 1.165) is 25.1 Å². The third-order valence-electron chi connectivity index (χ3n) is 4.78. The van der Waals surface area contributed by atoms with Crippen molar-refractivity contribution in [3.05, 3.63) is 29.6 Å². The zero-order valence-electron chi connectivity index (χ0n) is 12.0. The fourth-order valence-electron chi connectivity index (χ4n) is 3.86. The van der Waals surface area contributed by atoms with Crippen LogP contribution in [-0.2, 0) is 11.3 Å². The Kier molecular flexibility index (Phi) is 3.74. The average Bonchev–Trinajstić information content (AvgIpc) is 2.63. The van der Waals surface area contributed by atoms with E-state index in [4.69, 9.17) is 5.11 Å². The minimum absolute atomic E-state index is 0.340. The van der Waals surface area contributed by atoms with Crippen molar-refractivity contribution in [1.82, 2.24) is 9.88 Å². The summed E-state index contributed by atoms with van der Waals surface area (Å²) < 4.78 is 0. The van der Waals surface area contributed by atoms with Crippen molar-refractivity contribution in [1.29, 1.82) is 0 Å². The minimum atomic E-state index is -0.648. The van der Waals surface area contributed by atoms with Crippen molar-refractivity contribution >= 4 is 5.97 Å². The maximum Gasteiger partial charge on any atom is 0.303 e. The molecular weight excluding hydrogens is 252 g/mol. The standard InChI is InChI=1S/C16H22N2O2/c1-11-2-3-12(9-17-11)10-18-14-4-5-15(18)7-13(6-14)8-16(19)20/h2-3,9,13-15H,4-8,10H2,1H3,(H,19,20). The van der Waals surface area contributed by atoms with Gasteiger partial charge < -0.3 is 5.11 Å². The molecule has 3 rings (SSSR count). The molecule has 2 unspecified atom stereocenters. The Morgan fingerprint density at radius 2 is 2.05 bits per heavy atom. The molecule has 2 aliphatic heterocycles. The molecule has 2 fully saturated rings. The van der Waals surface area contributed by atoms with Crippen molar-refractivity contribution in [3.8, 4) is 0 Å². The lowest BCUT2D eigenvalue weighted by Gasteiger charge is -2.38. The quantitative estimate of drug-likeness (QED) is 0.917. The number of aromatic nitrogens is 1. The third kappa shape index (κ3) is 2.85. The molecule has 4 heteroatoms. The zero-order chi connectivity index (χ0) is 14.1. The van der Waals surface area contributed by atoms with E-state index in [9.17, 15) is 4.79 Å². The van der Waals surface area contributed by atoms with Gasteiger partial charge in [-0.1, -0.05) is 6.07 Å². The summed E-state index contributed by atoms with van der Waals surface area (Å²) in [5.74, 6) is -0.275. The van der Waals surface area contributed by atoms with E-state index in [-0.39, 0.29) is 0 Å². The largest absolute Gasteiger partial charge is 0.481 e. The SMILES string of the molecule is Cc1ccc(CN2C3CCC2CC(CC(=O)O)C3)cn1. The van der Waals surface area contributed by atoms with E-state index in [1.165, 1.54) is 18.4 Å². The molecule has 2 atom stereocenters. The number of carbonyl (C=O) groups is 1. The molecule has 0 aliphatic carbocycles. The Morgan fingerprint density at radius 1 is 1.35 bits per heavy atom. The molecule has 2 aliphatic rings. The lowest BCUT2D eigenvalue weighted by molar-refractivity contribution is -0.138. The van der Waals surface area contributed by atoms with Crippen LogP contribution < -0.4 is 0 Å². The molecule has 20 heavy (non-hydrogen) atoms. The number of rotatable bonds is 4. The summed E-state index contributed by atoms with van der Waals surface area (Å²) in [6.45, 7) is 2.97. The summed E-state index contributed by atoms with van der Waals surface area (Å²) in [6.07, 6.45) is 6.84. The molecule has 2 saturated heterocycles. The number of aliphatic carboxylic acids is 1. The van der Waals surface area contributed by atoms with Crippen LogP contribution in [0.2, 0.25) is 0 Å². The molecule has 108 valence electrons. The van der Waals surface area contributed by atoms with Crippen LogP contribution in [0.3, 0.4) is 0 Å². The Balaban J connectivity index is 1.65. The first-order valence-electron chi connectivity index (χ1n) is 7.51. The van der Waals surface area contributed by atoms with Crippen LogP contribution in [0.4, 0.5) is 0 Å². The van der Waals surface area contributed by atoms with Crippen LogP contribution in [0.5, 0.6) is 0 Å². The molecule has 2 bridgehead atoms. The minimum Gasteiger partial charge on any atom is -0.481 e. The second kappa shape index (κ2) is 5.52. The molecule has 1 N–H and O–H groups in total. The highest BCUT2D eigenvalue weighted by atomic mass is 16.4. The molecule has 0 aromatic carbocycles. The lowest BCUT2D eigenvalue weighted by Crippen LogP contribution is -2.42. The van der Waals surface area contributed by atoms with Gasteiger partial charge in [-0.2, -0.15) is 0 Å². The molecule has 4 nitrogen and oxygen atoms in total. The normalized spacial score (nSPS) is 29.6. The Labute approximate surface area is 119 Å². The van der Waals surface area contributed by atoms with Gasteiger partial charge in [-0.05, 0) is 50.2 Å². The first-order chi connectivity index (χ1) is 9.61. The van der Waals surface area contributed by atoms with E-state index >= 15 is 0 Å². The number of nitrogens with zero attached hydrogens (tertiary/aromatic N) is 2. The van der Waals surface area contributed by atoms with Crippen LogP contribution in [0, 0.1) is 12.8 Å². The number of aryl methyl sites for hydroxylation is 1. The number of pyridine rings is 1. The summed E-state index contributed by atoms with van der Waals surface area (Å²) in [7, 11) is 0. The molecule has 1 aromatic rings. The van der Waals surface area contributed by atoms with Crippen molar-refractivity contribution in [3.63, 3.8) is 0 Å². The second-order valence-electron chi connectivity index (χ2n) is 6.30. The van der Waals surface area contributed by atoms with E-state index in [2.05, 4.69) is 22.0 Å². The van der Waals surface area contributed by atoms with Gasteiger partial charge in [0.15, 0.2) is 0 Å². The molecule has 0 radical (unpaired) electrons. The summed E-state index contributed by atoms with van der Waals surface area (Å²) in [6, 6.07) is 5.36. The smallest absolute Gasteiger partial charge is 0.303 e. The van der Waals surface area contributed by atoms with Crippen LogP contribution in [0.1, 0.15) is 43.4 Å². The Morgan fingerprint density at radius 3 is 2.60 bits per heavy atom. The topological polar surface area (TPSA) is 53.4 Å². The van der Waals surface area contributed by atoms with Gasteiger partial charge in [-0.3, -0.25) is 14.7 Å². The van der Waals surface area contributed by atoms with Gasteiger partial charge in [-0.25, -0.2) is 0 Å². The summed E-state index contributed by atoms with van der Waals surface area (Å²) >= 11 is 0. The number of piperidine rings is 1. The van der Waals surface area contributed by atoms with Gasteiger partial charge in [0.2, 0.25) is 0 Å². The fourth-order valence-corrected chi connectivity index (χ4v) is 3.86. The lowest BCUT2D eigenvalue weighted by atomic mass is 9.88. The molecule has 0 saturated carbocycles. The van der Waals surface area contributed by atoms with Crippen LogP contribution in [0.15, 0.2) is 18.3 Å². The highest BCUT2D eigenvalue weighted by Gasteiger charge is 2.40. The maximum atomic E-state index is 10.9. The summed E-state index contributed by atoms with van der Waals surface area (Å²) in [5.41, 5.74) is 2.32. The number of hydrogen-bond donors (Lipinski definition) is 1. The van der Waals surface area contributed by atoms with Crippen molar-refractivity contribution < 1.29 is 9.90 Å². The van der Waals surface area contributed by atoms with Crippen LogP contribution in [0.25, 0.3) is 0 Å². The Hall–Kier alpha value is -1.42. The van der Waals surface area contributed by atoms with Gasteiger partial charge in [0.05, 0.1) is 0 Å². The van der Waals surface area contributed by atoms with Crippen molar-refractivity contribution in [2.75, 3.05) is 0 Å². The number of fused-ring (bicyclic) bond motifs is 2. The number of carboxylic acid groups (broad SMARTS) is 1. The molecule has 0 amide bonds. The van der Waals surface area contributed by atoms with Crippen molar-refractivity contribution in [2.24, 2.45) is 5.92 Å². The summed E-state index contributed by atoms with van der Waals surface area (Å²) in [5, 5.41) is 8.96. The fraction of sp³-hybridized carbons (Fsp3) is 0.625. The van der Waals surface area contributed by atoms with Gasteiger partial charge in [0.25, 0.3) is 0 Å². The van der Waals surface area contributed by atoms with Crippen molar-refractivity contribution in [2.45, 2.75) is 57.7 Å². The van der Waals surface area contributed by atoms with E-state index in [1.807, 2.05) is 13.1 Å².